The van der Waals surface area contributed by atoms with Crippen LogP contribution in [0, 0.1) is 0 Å². The normalized spacial score (nSPS) is 0. The van der Waals surface area contributed by atoms with Gasteiger partial charge in [-0.2, -0.15) is 0 Å². The van der Waals surface area contributed by atoms with E-state index in [0.717, 1.165) is 0 Å². The Bertz CT molecular complexity index is 3.25. The summed E-state index contributed by atoms with van der Waals surface area (Å²) in [5.41, 5.74) is 0. The molecule has 0 aliphatic rings. The first-order chi connectivity index (χ1) is 0. The average molecular weight is 343 g/mol. The molecule has 0 spiro atoms. The molecule has 0 aromatic heterocycles. The van der Waals surface area contributed by atoms with Gasteiger partial charge in [-0.3, -0.25) is 0 Å². The first-order valence-electron chi connectivity index (χ1n) is 0. The minimum absolute atomic E-state index is 0. The summed E-state index contributed by atoms with van der Waals surface area (Å²) in [5, 5.41) is 0. The number of hydrogen-bond donors (Lipinski definition) is 0. The zero-order valence-corrected chi connectivity index (χ0v) is 8.80. The monoisotopic (exact) mass is 349 g/mol. The Hall–Kier alpha value is 2.58. The maximum Gasteiger partial charge on any atom is 0 e. The summed E-state index contributed by atoms with van der Waals surface area (Å²) in [6.07, 6.45) is 0. The molecule has 0 amide bonds. The summed E-state index contributed by atoms with van der Waals surface area (Å²) in [4.78, 5) is 0. The zero-order chi connectivity index (χ0) is 0. The molecular formula is MnMo3. The van der Waals surface area contributed by atoms with E-state index in [9.17, 15) is 0 Å². The summed E-state index contributed by atoms with van der Waals surface area (Å²) in [5.74, 6) is 0. The van der Waals surface area contributed by atoms with Crippen LogP contribution in [0.4, 0.5) is 0 Å². The van der Waals surface area contributed by atoms with Crippen molar-refractivity contribution in [3.63, 3.8) is 0 Å². The Morgan fingerprint density at radius 2 is 0.500 bits per heavy atom. The SMILES string of the molecule is [Mn].[Mo].[Mo].[Mo]. The summed E-state index contributed by atoms with van der Waals surface area (Å²) in [6, 6.07) is 0. The second-order valence-corrected chi connectivity index (χ2v) is 0. The van der Waals surface area contributed by atoms with E-state index >= 15 is 0 Å². The fourth-order valence-corrected chi connectivity index (χ4v) is 0. The largest absolute Gasteiger partial charge is 0 e. The molecule has 0 aliphatic heterocycles. The van der Waals surface area contributed by atoms with Crippen molar-refractivity contribution in [3.05, 3.63) is 0 Å². The summed E-state index contributed by atoms with van der Waals surface area (Å²) < 4.78 is 0. The van der Waals surface area contributed by atoms with E-state index in [4.69, 9.17) is 0 Å². The fourth-order valence-electron chi connectivity index (χ4n) is 0. The minimum atomic E-state index is 0. The van der Waals surface area contributed by atoms with Crippen LogP contribution < -0.4 is 0 Å². The van der Waals surface area contributed by atoms with Crippen molar-refractivity contribution in [2.45, 2.75) is 0 Å². The molecule has 0 aliphatic carbocycles. The van der Waals surface area contributed by atoms with E-state index in [0.29, 0.717) is 0 Å². The molecule has 0 aromatic rings. The molecule has 0 saturated heterocycles. The van der Waals surface area contributed by atoms with Crippen LogP contribution in [0.3, 0.4) is 0 Å². The van der Waals surface area contributed by atoms with Crippen LogP contribution in [0.1, 0.15) is 0 Å². The van der Waals surface area contributed by atoms with E-state index in [-0.39, 0.29) is 80.3 Å². The van der Waals surface area contributed by atoms with Crippen LogP contribution in [-0.2, 0) is 80.3 Å². The van der Waals surface area contributed by atoms with Gasteiger partial charge in [0.1, 0.15) is 0 Å². The summed E-state index contributed by atoms with van der Waals surface area (Å²) in [7, 11) is 0. The van der Waals surface area contributed by atoms with Gasteiger partial charge in [-0.1, -0.05) is 0 Å². The first-order valence-corrected chi connectivity index (χ1v) is 0. The average Bonchev–Trinajstić information content (AvgIpc) is 0. The van der Waals surface area contributed by atoms with Crippen molar-refractivity contribution in [1.82, 2.24) is 0 Å². The third kappa shape index (κ3) is 8.82. The van der Waals surface area contributed by atoms with Gasteiger partial charge in [-0.25, -0.2) is 0 Å². The standard InChI is InChI=1S/Mn.3Mo. The van der Waals surface area contributed by atoms with E-state index < -0.39 is 0 Å². The van der Waals surface area contributed by atoms with Gasteiger partial charge in [0.05, 0.1) is 0 Å². The van der Waals surface area contributed by atoms with E-state index in [1.54, 1.807) is 0 Å². The predicted octanol–water partition coefficient (Wildman–Crippen LogP) is -0.0100. The van der Waals surface area contributed by atoms with Gasteiger partial charge >= 0.3 is 0 Å². The third-order valence-corrected chi connectivity index (χ3v) is 0. The molecule has 0 unspecified atom stereocenters. The Morgan fingerprint density at radius 3 is 0.500 bits per heavy atom. The van der Waals surface area contributed by atoms with E-state index in [1.807, 2.05) is 0 Å². The Kier molecular flexibility index (Phi) is 135. The van der Waals surface area contributed by atoms with Gasteiger partial charge in [0.2, 0.25) is 0 Å². The molecule has 0 N–H and O–H groups in total. The fraction of sp³-hybridized carbons (Fsp3) is 0. The van der Waals surface area contributed by atoms with Crippen LogP contribution in [0.15, 0.2) is 0 Å². The third-order valence-electron chi connectivity index (χ3n) is 0. The smallest absolute Gasteiger partial charge is 0 e. The topological polar surface area (TPSA) is 0 Å². The number of hydrogen-bond acceptors (Lipinski definition) is 0. The molecule has 0 nitrogen and oxygen atoms in total. The van der Waals surface area contributed by atoms with Gasteiger partial charge in [0, 0.05) is 80.3 Å². The molecule has 0 bridgehead atoms. The quantitative estimate of drug-likeness (QED) is 0.543. The van der Waals surface area contributed by atoms with E-state index in [1.165, 1.54) is 0 Å². The van der Waals surface area contributed by atoms with Crippen molar-refractivity contribution < 1.29 is 80.3 Å². The van der Waals surface area contributed by atoms with E-state index in [2.05, 4.69) is 0 Å². The number of rotatable bonds is 0. The molecule has 4 heavy (non-hydrogen) atoms. The maximum atomic E-state index is 0. The second-order valence-electron chi connectivity index (χ2n) is 0. The van der Waals surface area contributed by atoms with Gasteiger partial charge < -0.3 is 0 Å². The molecule has 0 saturated carbocycles. The second kappa shape index (κ2) is 17.6. The molecule has 0 aromatic carbocycles. The molecule has 4 heteroatoms. The van der Waals surface area contributed by atoms with Crippen LogP contribution in [0.25, 0.3) is 0 Å². The minimum Gasteiger partial charge on any atom is 0 e. The first kappa shape index (κ1) is 30.7. The maximum absolute atomic E-state index is 0. The molecule has 0 fully saturated rings. The molecule has 0 heterocycles. The Balaban J connectivity index is 0. The molecule has 1 radical (unpaired) electrons. The summed E-state index contributed by atoms with van der Waals surface area (Å²) >= 11 is 0. The van der Waals surface area contributed by atoms with Crippen LogP contribution in [-0.4, -0.2) is 0 Å². The zero-order valence-electron chi connectivity index (χ0n) is 1.60. The Morgan fingerprint density at radius 1 is 0.500 bits per heavy atom. The Labute approximate surface area is 79.1 Å². The van der Waals surface area contributed by atoms with Crippen molar-refractivity contribution in [1.29, 1.82) is 0 Å². The summed E-state index contributed by atoms with van der Waals surface area (Å²) in [6.45, 7) is 0. The van der Waals surface area contributed by atoms with Crippen LogP contribution in [0.2, 0.25) is 0 Å². The van der Waals surface area contributed by atoms with Gasteiger partial charge in [0.15, 0.2) is 0 Å². The molecular weight excluding hydrogens is 343 g/mol. The van der Waals surface area contributed by atoms with Crippen molar-refractivity contribution in [2.75, 3.05) is 0 Å². The van der Waals surface area contributed by atoms with Crippen molar-refractivity contribution in [3.8, 4) is 0 Å². The van der Waals surface area contributed by atoms with Gasteiger partial charge in [0.25, 0.3) is 0 Å². The van der Waals surface area contributed by atoms with Crippen LogP contribution in [0.5, 0.6) is 0 Å². The van der Waals surface area contributed by atoms with Crippen LogP contribution >= 0.6 is 0 Å². The van der Waals surface area contributed by atoms with Crippen molar-refractivity contribution in [2.24, 2.45) is 0 Å². The van der Waals surface area contributed by atoms with Gasteiger partial charge in [-0.05, 0) is 0 Å². The molecule has 0 atom stereocenters. The predicted molar refractivity (Wildman–Crippen MR) is 0 cm³/mol. The molecule has 25 valence electrons. The van der Waals surface area contributed by atoms with Gasteiger partial charge in [-0.15, -0.1) is 0 Å². The molecule has 0 rings (SSSR count). The van der Waals surface area contributed by atoms with Crippen molar-refractivity contribution >= 4 is 0 Å².